The number of rotatable bonds is 2. The molecule has 0 bridgehead atoms. The first-order valence-corrected chi connectivity index (χ1v) is 6.39. The van der Waals surface area contributed by atoms with Gasteiger partial charge in [-0.15, -0.1) is 0 Å². The molecule has 1 aliphatic heterocycles. The van der Waals surface area contributed by atoms with Crippen LogP contribution >= 0.6 is 23.8 Å². The smallest absolute Gasteiger partial charge is 0.328 e. The molecule has 1 heterocycles. The normalized spacial score (nSPS) is 17.7. The Bertz CT molecular complexity index is 535. The van der Waals surface area contributed by atoms with Crippen LogP contribution in [0.1, 0.15) is 16.8 Å². The number of benzene rings is 1. The van der Waals surface area contributed by atoms with Gasteiger partial charge in [-0.2, -0.15) is 0 Å². The van der Waals surface area contributed by atoms with Crippen molar-refractivity contribution in [2.75, 3.05) is 6.61 Å². The molecule has 0 spiro atoms. The lowest BCUT2D eigenvalue weighted by molar-refractivity contribution is -0.139. The van der Waals surface area contributed by atoms with Crippen LogP contribution in [0.3, 0.4) is 0 Å². The van der Waals surface area contributed by atoms with E-state index in [1.165, 1.54) is 0 Å². The monoisotopic (exact) mass is 298 g/mol. The summed E-state index contributed by atoms with van der Waals surface area (Å²) in [7, 11) is 0. The predicted molar refractivity (Wildman–Crippen MR) is 74.0 cm³/mol. The van der Waals surface area contributed by atoms with Crippen molar-refractivity contribution < 1.29 is 14.3 Å². The van der Waals surface area contributed by atoms with Gasteiger partial charge in [0.15, 0.2) is 5.11 Å². The zero-order chi connectivity index (χ0) is 13.8. The molecule has 1 aromatic carbocycles. The number of hydrogen-bond acceptors (Lipinski definition) is 4. The summed E-state index contributed by atoms with van der Waals surface area (Å²) in [5.74, 6) is -0.788. The molecule has 1 aromatic rings. The molecule has 1 aliphatic rings. The number of carbonyl (C=O) groups is 2. The first-order chi connectivity index (χ1) is 9.08. The summed E-state index contributed by atoms with van der Waals surface area (Å²) in [6.07, 6.45) is 0.529. The third kappa shape index (κ3) is 3.42. The van der Waals surface area contributed by atoms with Gasteiger partial charge in [-0.1, -0.05) is 23.7 Å². The maximum atomic E-state index is 11.9. The van der Waals surface area contributed by atoms with Gasteiger partial charge in [0.25, 0.3) is 5.91 Å². The minimum Gasteiger partial charge on any atom is -0.464 e. The maximum absolute atomic E-state index is 11.9. The molecular formula is C12H11ClN2O3S. The van der Waals surface area contributed by atoms with E-state index in [1.54, 1.807) is 24.3 Å². The van der Waals surface area contributed by atoms with Crippen LogP contribution in [0, 0.1) is 0 Å². The Balaban J connectivity index is 1.94. The Labute approximate surface area is 120 Å². The van der Waals surface area contributed by atoms with E-state index in [-0.39, 0.29) is 11.1 Å². The summed E-state index contributed by atoms with van der Waals surface area (Å²) in [5.41, 5.74) is 0.322. The first kappa shape index (κ1) is 13.8. The van der Waals surface area contributed by atoms with Gasteiger partial charge in [0.1, 0.15) is 6.04 Å². The van der Waals surface area contributed by atoms with Crippen molar-refractivity contribution in [3.63, 3.8) is 0 Å². The molecule has 1 fully saturated rings. The highest BCUT2D eigenvalue weighted by Gasteiger charge is 2.27. The Morgan fingerprint density at radius 1 is 1.42 bits per heavy atom. The Morgan fingerprint density at radius 3 is 2.79 bits per heavy atom. The second kappa shape index (κ2) is 5.99. The van der Waals surface area contributed by atoms with Crippen molar-refractivity contribution in [2.24, 2.45) is 0 Å². The Hall–Kier alpha value is -1.66. The van der Waals surface area contributed by atoms with Gasteiger partial charge in [0, 0.05) is 6.42 Å². The molecule has 1 saturated heterocycles. The van der Waals surface area contributed by atoms with Crippen LogP contribution in [0.15, 0.2) is 24.3 Å². The number of nitrogens with one attached hydrogen (secondary N) is 2. The van der Waals surface area contributed by atoms with Crippen molar-refractivity contribution >= 4 is 40.8 Å². The lowest BCUT2D eigenvalue weighted by Crippen LogP contribution is -2.46. The van der Waals surface area contributed by atoms with Crippen LogP contribution in [0.2, 0.25) is 5.02 Å². The molecule has 1 atom stereocenters. The Kier molecular flexibility index (Phi) is 4.34. The fourth-order valence-electron chi connectivity index (χ4n) is 1.64. The average molecular weight is 299 g/mol. The molecule has 100 valence electrons. The van der Waals surface area contributed by atoms with E-state index in [1.807, 2.05) is 0 Å². The molecule has 0 aromatic heterocycles. The second-order valence-electron chi connectivity index (χ2n) is 3.92. The third-order valence-corrected chi connectivity index (χ3v) is 3.14. The van der Waals surface area contributed by atoms with Crippen LogP contribution in [0.5, 0.6) is 0 Å². The standard InChI is InChI=1S/C12H11ClN2O3S/c13-8-4-2-1-3-7(8)10(16)15-12(19)14-9-5-6-18-11(9)17/h1-4,9H,5-6H2,(H2,14,15,16,19). The number of hydrogen-bond donors (Lipinski definition) is 2. The van der Waals surface area contributed by atoms with E-state index in [0.717, 1.165) is 0 Å². The highest BCUT2D eigenvalue weighted by atomic mass is 35.5. The number of cyclic esters (lactones) is 1. The number of esters is 1. The van der Waals surface area contributed by atoms with Gasteiger partial charge < -0.3 is 10.1 Å². The number of amides is 1. The fourth-order valence-corrected chi connectivity index (χ4v) is 2.09. The quantitative estimate of drug-likeness (QED) is 0.635. The summed E-state index contributed by atoms with van der Waals surface area (Å²) in [5, 5.41) is 5.62. The van der Waals surface area contributed by atoms with Gasteiger partial charge in [0.05, 0.1) is 17.2 Å². The summed E-state index contributed by atoms with van der Waals surface area (Å²) in [6.45, 7) is 0.359. The SMILES string of the molecule is O=C(NC(=S)NC1CCOC1=O)c1ccccc1Cl. The molecule has 2 rings (SSSR count). The first-order valence-electron chi connectivity index (χ1n) is 5.61. The number of halogens is 1. The third-order valence-electron chi connectivity index (χ3n) is 2.59. The summed E-state index contributed by atoms with van der Waals surface area (Å²) < 4.78 is 4.78. The van der Waals surface area contributed by atoms with E-state index >= 15 is 0 Å². The van der Waals surface area contributed by atoms with Crippen LogP contribution < -0.4 is 10.6 Å². The Morgan fingerprint density at radius 2 is 2.16 bits per heavy atom. The zero-order valence-electron chi connectivity index (χ0n) is 9.81. The predicted octanol–water partition coefficient (Wildman–Crippen LogP) is 1.26. The molecule has 5 nitrogen and oxygen atoms in total. The zero-order valence-corrected chi connectivity index (χ0v) is 11.4. The number of thiocarbonyl (C=S) groups is 1. The van der Waals surface area contributed by atoms with Crippen molar-refractivity contribution in [2.45, 2.75) is 12.5 Å². The average Bonchev–Trinajstić information content (AvgIpc) is 2.75. The van der Waals surface area contributed by atoms with E-state index < -0.39 is 11.9 Å². The molecular weight excluding hydrogens is 288 g/mol. The van der Waals surface area contributed by atoms with Gasteiger partial charge in [-0.3, -0.25) is 10.1 Å². The van der Waals surface area contributed by atoms with Gasteiger partial charge in [-0.25, -0.2) is 4.79 Å². The largest absolute Gasteiger partial charge is 0.464 e. The minimum absolute atomic E-state index is 0.0776. The second-order valence-corrected chi connectivity index (χ2v) is 4.73. The molecule has 1 unspecified atom stereocenters. The number of carbonyl (C=O) groups excluding carboxylic acids is 2. The van der Waals surface area contributed by atoms with Crippen molar-refractivity contribution in [1.82, 2.24) is 10.6 Å². The summed E-state index contributed by atoms with van der Waals surface area (Å²) >= 11 is 10.9. The van der Waals surface area contributed by atoms with E-state index in [4.69, 9.17) is 28.6 Å². The number of ether oxygens (including phenoxy) is 1. The van der Waals surface area contributed by atoms with E-state index in [0.29, 0.717) is 23.6 Å². The lowest BCUT2D eigenvalue weighted by Gasteiger charge is -2.12. The van der Waals surface area contributed by atoms with Crippen LogP contribution in [-0.4, -0.2) is 29.6 Å². The highest BCUT2D eigenvalue weighted by molar-refractivity contribution is 7.80. The molecule has 0 aliphatic carbocycles. The highest BCUT2D eigenvalue weighted by Crippen LogP contribution is 2.14. The van der Waals surface area contributed by atoms with Gasteiger partial charge in [-0.05, 0) is 24.4 Å². The van der Waals surface area contributed by atoms with E-state index in [2.05, 4.69) is 10.6 Å². The van der Waals surface area contributed by atoms with Gasteiger partial charge in [0.2, 0.25) is 0 Å². The van der Waals surface area contributed by atoms with Crippen molar-refractivity contribution in [3.05, 3.63) is 34.9 Å². The maximum Gasteiger partial charge on any atom is 0.328 e. The van der Waals surface area contributed by atoms with Crippen molar-refractivity contribution in [1.29, 1.82) is 0 Å². The lowest BCUT2D eigenvalue weighted by atomic mass is 10.2. The van der Waals surface area contributed by atoms with Gasteiger partial charge >= 0.3 is 5.97 Å². The topological polar surface area (TPSA) is 67.4 Å². The van der Waals surface area contributed by atoms with E-state index in [9.17, 15) is 9.59 Å². The van der Waals surface area contributed by atoms with Crippen molar-refractivity contribution in [3.8, 4) is 0 Å². The molecule has 1 amide bonds. The summed E-state index contributed by atoms with van der Waals surface area (Å²) in [4.78, 5) is 23.1. The van der Waals surface area contributed by atoms with Crippen LogP contribution in [0.25, 0.3) is 0 Å². The molecule has 0 saturated carbocycles. The molecule has 19 heavy (non-hydrogen) atoms. The summed E-state index contributed by atoms with van der Waals surface area (Å²) in [6, 6.07) is 6.13. The molecule has 7 heteroatoms. The van der Waals surface area contributed by atoms with Crippen LogP contribution in [0.4, 0.5) is 0 Å². The molecule has 0 radical (unpaired) electrons. The molecule has 2 N–H and O–H groups in total. The fraction of sp³-hybridized carbons (Fsp3) is 0.250. The minimum atomic E-state index is -0.501. The van der Waals surface area contributed by atoms with Crippen LogP contribution in [-0.2, 0) is 9.53 Å².